The normalized spacial score (nSPS) is 12.0. The first kappa shape index (κ1) is 30.4. The minimum absolute atomic E-state index is 0.704. The number of thiophene rings is 1. The molecule has 0 saturated heterocycles. The summed E-state index contributed by atoms with van der Waals surface area (Å²) >= 11 is 1.90. The smallest absolute Gasteiger partial charge is 0.160 e. The summed E-state index contributed by atoms with van der Waals surface area (Å²) < 4.78 is 7.59. The van der Waals surface area contributed by atoms with Crippen LogP contribution in [0, 0.1) is 0 Å². The minimum Gasteiger partial charge on any atom is -0.307 e. The van der Waals surface area contributed by atoms with E-state index in [4.69, 9.17) is 9.97 Å². The van der Waals surface area contributed by atoms with E-state index >= 15 is 0 Å². The molecule has 0 aliphatic rings. The molecule has 0 unspecified atom stereocenters. The Kier molecular flexibility index (Phi) is 6.47. The Morgan fingerprint density at radius 2 is 0.964 bits per heavy atom. The molecule has 0 radical (unpaired) electrons. The van der Waals surface area contributed by atoms with Crippen LogP contribution in [0.5, 0.6) is 0 Å². The van der Waals surface area contributed by atoms with Gasteiger partial charge in [-0.3, -0.25) is 0 Å². The number of rotatable bonds is 4. The topological polar surface area (TPSA) is 35.6 Å². The highest BCUT2D eigenvalue weighted by Crippen LogP contribution is 2.51. The molecule has 55 heavy (non-hydrogen) atoms. The fraction of sp³-hybridized carbons (Fsp3) is 0. The lowest BCUT2D eigenvalue weighted by Gasteiger charge is -2.14. The highest BCUT2D eigenvalue weighted by atomic mass is 32.1. The standard InChI is InChI=1S/C50H30N4S/c1-3-16-31(17-4-1)46-35-22-7-11-26-39(35)51-50(52-46)32-18-15-21-34(30-32)54-40-27-12-8-23-36(40)43-44-38-25-10-14-29-42(38)55-49(44)45-37-24-9-13-28-41(37)53(48(45)47(43)54)33-19-5-2-6-20-33/h1-30H. The van der Waals surface area contributed by atoms with Crippen LogP contribution in [0.2, 0.25) is 0 Å². The van der Waals surface area contributed by atoms with Gasteiger partial charge in [-0.15, -0.1) is 11.3 Å². The molecule has 0 spiro atoms. The van der Waals surface area contributed by atoms with E-state index in [1.54, 1.807) is 0 Å². The Labute approximate surface area is 319 Å². The van der Waals surface area contributed by atoms with Gasteiger partial charge in [0, 0.05) is 69.6 Å². The predicted molar refractivity (Wildman–Crippen MR) is 232 cm³/mol. The maximum atomic E-state index is 5.27. The van der Waals surface area contributed by atoms with Gasteiger partial charge in [0.05, 0.1) is 33.3 Å². The first-order chi connectivity index (χ1) is 27.3. The highest BCUT2D eigenvalue weighted by Gasteiger charge is 2.27. The van der Waals surface area contributed by atoms with E-state index in [1.807, 2.05) is 23.5 Å². The number of benzene rings is 8. The van der Waals surface area contributed by atoms with Crippen LogP contribution in [-0.2, 0) is 0 Å². The van der Waals surface area contributed by atoms with Crippen molar-refractivity contribution in [2.24, 2.45) is 0 Å². The molecule has 5 heteroatoms. The molecule has 0 saturated carbocycles. The summed E-state index contributed by atoms with van der Waals surface area (Å²) in [4.78, 5) is 10.4. The average molecular weight is 719 g/mol. The van der Waals surface area contributed by atoms with Crippen molar-refractivity contribution in [2.75, 3.05) is 0 Å². The molecule has 0 amide bonds. The van der Waals surface area contributed by atoms with Gasteiger partial charge in [0.2, 0.25) is 0 Å². The Balaban J connectivity index is 1.25. The largest absolute Gasteiger partial charge is 0.307 e. The van der Waals surface area contributed by atoms with Gasteiger partial charge in [0.15, 0.2) is 5.82 Å². The zero-order chi connectivity index (χ0) is 36.0. The summed E-state index contributed by atoms with van der Waals surface area (Å²) in [6.07, 6.45) is 0. The van der Waals surface area contributed by atoms with Crippen LogP contribution in [0.4, 0.5) is 0 Å². The zero-order valence-corrected chi connectivity index (χ0v) is 30.3. The molecule has 4 heterocycles. The molecule has 0 fully saturated rings. The van der Waals surface area contributed by atoms with Crippen molar-refractivity contribution >= 4 is 86.0 Å². The van der Waals surface area contributed by atoms with E-state index in [0.717, 1.165) is 44.6 Å². The number of aromatic nitrogens is 4. The second kappa shape index (κ2) is 11.7. The number of hydrogen-bond acceptors (Lipinski definition) is 3. The van der Waals surface area contributed by atoms with Gasteiger partial charge in [-0.05, 0) is 48.5 Å². The Morgan fingerprint density at radius 3 is 1.75 bits per heavy atom. The highest BCUT2D eigenvalue weighted by molar-refractivity contribution is 7.27. The average Bonchev–Trinajstić information content (AvgIpc) is 3.92. The summed E-state index contributed by atoms with van der Waals surface area (Å²) in [6.45, 7) is 0. The van der Waals surface area contributed by atoms with Crippen LogP contribution in [-0.4, -0.2) is 19.1 Å². The molecule has 8 aromatic carbocycles. The SMILES string of the molecule is c1ccc(-c2nc(-c3cccc(-n4c5ccccc5c5c6c7ccccc7sc6c6c7ccccc7n(-c7ccccc7)c6c54)c3)nc3ccccc23)cc1. The fourth-order valence-corrected chi connectivity index (χ4v) is 10.1. The third-order valence-corrected chi connectivity index (χ3v) is 12.3. The molecule has 0 bridgehead atoms. The van der Waals surface area contributed by atoms with E-state index < -0.39 is 0 Å². The quantitative estimate of drug-likeness (QED) is 0.182. The van der Waals surface area contributed by atoms with Gasteiger partial charge < -0.3 is 9.13 Å². The summed E-state index contributed by atoms with van der Waals surface area (Å²) in [5, 5.41) is 8.69. The van der Waals surface area contributed by atoms with Crippen molar-refractivity contribution < 1.29 is 0 Å². The Morgan fingerprint density at radius 1 is 0.400 bits per heavy atom. The fourth-order valence-electron chi connectivity index (χ4n) is 8.80. The van der Waals surface area contributed by atoms with E-state index in [0.29, 0.717) is 5.82 Å². The third kappa shape index (κ3) is 4.39. The van der Waals surface area contributed by atoms with E-state index in [-0.39, 0.29) is 0 Å². The van der Waals surface area contributed by atoms with Crippen molar-refractivity contribution in [3.8, 4) is 34.0 Å². The van der Waals surface area contributed by atoms with Crippen molar-refractivity contribution in [3.63, 3.8) is 0 Å². The maximum absolute atomic E-state index is 5.27. The second-order valence-corrected chi connectivity index (χ2v) is 15.2. The van der Waals surface area contributed by atoms with Gasteiger partial charge in [-0.2, -0.15) is 0 Å². The van der Waals surface area contributed by atoms with Crippen molar-refractivity contribution in [1.29, 1.82) is 0 Å². The van der Waals surface area contributed by atoms with E-state index in [1.165, 1.54) is 58.3 Å². The van der Waals surface area contributed by atoms with Crippen molar-refractivity contribution in [1.82, 2.24) is 19.1 Å². The summed E-state index contributed by atoms with van der Waals surface area (Å²) in [7, 11) is 0. The monoisotopic (exact) mass is 718 g/mol. The number of hydrogen-bond donors (Lipinski definition) is 0. The van der Waals surface area contributed by atoms with Crippen LogP contribution < -0.4 is 0 Å². The number of fused-ring (bicyclic) bond motifs is 13. The predicted octanol–water partition coefficient (Wildman–Crippen LogP) is 13.5. The molecule has 4 nitrogen and oxygen atoms in total. The summed E-state index contributed by atoms with van der Waals surface area (Å²) in [6, 6.07) is 65.0. The van der Waals surface area contributed by atoms with Gasteiger partial charge in [-0.25, -0.2) is 9.97 Å². The second-order valence-electron chi connectivity index (χ2n) is 14.1. The lowest BCUT2D eigenvalue weighted by molar-refractivity contribution is 1.15. The third-order valence-electron chi connectivity index (χ3n) is 11.1. The molecule has 0 aliphatic heterocycles. The van der Waals surface area contributed by atoms with Crippen molar-refractivity contribution in [2.45, 2.75) is 0 Å². The van der Waals surface area contributed by atoms with Gasteiger partial charge in [0.25, 0.3) is 0 Å². The van der Waals surface area contributed by atoms with Crippen LogP contribution in [0.1, 0.15) is 0 Å². The molecule has 256 valence electrons. The number of nitrogens with zero attached hydrogens (tertiary/aromatic N) is 4. The maximum Gasteiger partial charge on any atom is 0.160 e. The van der Waals surface area contributed by atoms with Crippen LogP contribution in [0.15, 0.2) is 182 Å². The minimum atomic E-state index is 0.704. The molecular weight excluding hydrogens is 689 g/mol. The first-order valence-electron chi connectivity index (χ1n) is 18.6. The Bertz CT molecular complexity index is 3480. The zero-order valence-electron chi connectivity index (χ0n) is 29.5. The lowest BCUT2D eigenvalue weighted by atomic mass is 10.0. The van der Waals surface area contributed by atoms with Crippen LogP contribution >= 0.6 is 11.3 Å². The van der Waals surface area contributed by atoms with E-state index in [2.05, 4.69) is 179 Å². The first-order valence-corrected chi connectivity index (χ1v) is 19.4. The van der Waals surface area contributed by atoms with E-state index in [9.17, 15) is 0 Å². The molecule has 0 aliphatic carbocycles. The van der Waals surface area contributed by atoms with Crippen LogP contribution in [0.3, 0.4) is 0 Å². The Hall–Kier alpha value is -7.08. The molecule has 12 rings (SSSR count). The summed E-state index contributed by atoms with van der Waals surface area (Å²) in [5.41, 5.74) is 10.8. The molecule has 0 N–H and O–H groups in total. The van der Waals surface area contributed by atoms with Gasteiger partial charge in [0.1, 0.15) is 0 Å². The summed E-state index contributed by atoms with van der Waals surface area (Å²) in [5.74, 6) is 0.704. The van der Waals surface area contributed by atoms with Crippen LogP contribution in [0.25, 0.3) is 109 Å². The molecular formula is C50H30N4S. The molecule has 4 aromatic heterocycles. The van der Waals surface area contributed by atoms with Gasteiger partial charge >= 0.3 is 0 Å². The molecule has 0 atom stereocenters. The lowest BCUT2D eigenvalue weighted by Crippen LogP contribution is -2.00. The van der Waals surface area contributed by atoms with Gasteiger partial charge in [-0.1, -0.05) is 133 Å². The van der Waals surface area contributed by atoms with Crippen molar-refractivity contribution in [3.05, 3.63) is 182 Å². The number of para-hydroxylation sites is 4. The molecule has 12 aromatic rings.